The summed E-state index contributed by atoms with van der Waals surface area (Å²) in [6.45, 7) is 4.42. The van der Waals surface area contributed by atoms with Crippen molar-refractivity contribution in [2.24, 2.45) is 0 Å². The van der Waals surface area contributed by atoms with E-state index in [4.69, 9.17) is 4.74 Å². The zero-order valence-corrected chi connectivity index (χ0v) is 15.1. The number of carbonyl (C=O) groups excluding carboxylic acids is 1. The number of anilines is 1. The summed E-state index contributed by atoms with van der Waals surface area (Å²) in [6.07, 6.45) is 0.645. The molecule has 7 heteroatoms. The predicted octanol–water partition coefficient (Wildman–Crippen LogP) is 2.56. The Morgan fingerprint density at radius 1 is 1.04 bits per heavy atom. The molecule has 0 aliphatic rings. The van der Waals surface area contributed by atoms with Gasteiger partial charge in [-0.25, -0.2) is 8.42 Å². The zero-order valence-electron chi connectivity index (χ0n) is 14.3. The molecule has 0 aliphatic heterocycles. The maximum Gasteiger partial charge on any atom is 0.261 e. The molecule has 0 radical (unpaired) electrons. The molecule has 0 saturated heterocycles. The van der Waals surface area contributed by atoms with Crippen molar-refractivity contribution in [1.29, 1.82) is 0 Å². The van der Waals surface area contributed by atoms with Crippen molar-refractivity contribution in [2.45, 2.75) is 25.2 Å². The molecular formula is C18H22N2O4S. The third kappa shape index (κ3) is 5.79. The van der Waals surface area contributed by atoms with E-state index >= 15 is 0 Å². The molecule has 2 N–H and O–H groups in total. The second-order valence-electron chi connectivity index (χ2n) is 5.44. The minimum Gasteiger partial charge on any atom is -0.494 e. The van der Waals surface area contributed by atoms with E-state index in [1.54, 1.807) is 48.5 Å². The molecule has 0 spiro atoms. The van der Waals surface area contributed by atoms with E-state index in [0.717, 1.165) is 5.56 Å². The average molecular weight is 362 g/mol. The van der Waals surface area contributed by atoms with Gasteiger partial charge in [-0.1, -0.05) is 12.1 Å². The van der Waals surface area contributed by atoms with Crippen LogP contribution < -0.4 is 14.8 Å². The second-order valence-corrected chi connectivity index (χ2v) is 7.12. The van der Waals surface area contributed by atoms with Gasteiger partial charge in [0.15, 0.2) is 0 Å². The topological polar surface area (TPSA) is 84.5 Å². The molecule has 0 bridgehead atoms. The molecule has 0 aromatic heterocycles. The van der Waals surface area contributed by atoms with Crippen LogP contribution in [0.4, 0.5) is 5.69 Å². The van der Waals surface area contributed by atoms with Crippen LogP contribution >= 0.6 is 0 Å². The fraction of sp³-hybridized carbons (Fsp3) is 0.278. The van der Waals surface area contributed by atoms with Gasteiger partial charge in [-0.15, -0.1) is 0 Å². The molecule has 0 unspecified atom stereocenters. The van der Waals surface area contributed by atoms with Gasteiger partial charge in [0.25, 0.3) is 10.0 Å². The van der Waals surface area contributed by atoms with Gasteiger partial charge in [0.1, 0.15) is 5.75 Å². The molecule has 0 atom stereocenters. The quantitative estimate of drug-likeness (QED) is 0.756. The van der Waals surface area contributed by atoms with E-state index in [0.29, 0.717) is 31.0 Å². The van der Waals surface area contributed by atoms with Gasteiger partial charge in [-0.2, -0.15) is 0 Å². The van der Waals surface area contributed by atoms with Crippen LogP contribution in [-0.4, -0.2) is 27.5 Å². The molecule has 2 aromatic carbocycles. The number of rotatable bonds is 8. The smallest absolute Gasteiger partial charge is 0.261 e. The first-order valence-electron chi connectivity index (χ1n) is 8.00. The van der Waals surface area contributed by atoms with E-state index in [9.17, 15) is 13.2 Å². The van der Waals surface area contributed by atoms with Crippen molar-refractivity contribution in [3.8, 4) is 5.75 Å². The van der Waals surface area contributed by atoms with Crippen LogP contribution in [0.1, 0.15) is 19.4 Å². The molecule has 0 fully saturated rings. The fourth-order valence-electron chi connectivity index (χ4n) is 2.22. The summed E-state index contributed by atoms with van der Waals surface area (Å²) in [6, 6.07) is 13.3. The zero-order chi connectivity index (χ0) is 18.3. The summed E-state index contributed by atoms with van der Waals surface area (Å²) in [5, 5.41) is 2.71. The van der Waals surface area contributed by atoms with E-state index in [-0.39, 0.29) is 10.8 Å². The Hall–Kier alpha value is -2.54. The largest absolute Gasteiger partial charge is 0.494 e. The number of nitrogens with one attached hydrogen (secondary N) is 2. The van der Waals surface area contributed by atoms with Gasteiger partial charge in [-0.3, -0.25) is 9.52 Å². The average Bonchev–Trinajstić information content (AvgIpc) is 2.57. The second kappa shape index (κ2) is 8.53. The number of ether oxygens (including phenoxy) is 1. The summed E-state index contributed by atoms with van der Waals surface area (Å²) in [4.78, 5) is 11.0. The van der Waals surface area contributed by atoms with Crippen molar-refractivity contribution < 1.29 is 17.9 Å². The van der Waals surface area contributed by atoms with E-state index in [2.05, 4.69) is 10.0 Å². The highest BCUT2D eigenvalue weighted by molar-refractivity contribution is 7.92. The minimum absolute atomic E-state index is 0.0845. The van der Waals surface area contributed by atoms with Crippen LogP contribution in [0, 0.1) is 0 Å². The number of hydrogen-bond acceptors (Lipinski definition) is 4. The van der Waals surface area contributed by atoms with E-state index in [1.807, 2.05) is 6.92 Å². The molecule has 0 heterocycles. The van der Waals surface area contributed by atoms with Gasteiger partial charge >= 0.3 is 0 Å². The van der Waals surface area contributed by atoms with Crippen LogP contribution in [0.5, 0.6) is 5.75 Å². The van der Waals surface area contributed by atoms with Crippen molar-refractivity contribution in [2.75, 3.05) is 17.9 Å². The molecule has 25 heavy (non-hydrogen) atoms. The highest BCUT2D eigenvalue weighted by Crippen LogP contribution is 2.20. The SMILES string of the molecule is CCOc1ccc(NS(=O)(=O)c2ccc(CCNC(C)=O)cc2)cc1. The van der Waals surface area contributed by atoms with Crippen LogP contribution in [0.2, 0.25) is 0 Å². The predicted molar refractivity (Wildman–Crippen MR) is 97.2 cm³/mol. The Morgan fingerprint density at radius 2 is 1.68 bits per heavy atom. The number of amides is 1. The van der Waals surface area contributed by atoms with E-state index in [1.165, 1.54) is 6.92 Å². The summed E-state index contributed by atoms with van der Waals surface area (Å²) < 4.78 is 32.7. The highest BCUT2D eigenvalue weighted by atomic mass is 32.2. The number of benzene rings is 2. The third-order valence-electron chi connectivity index (χ3n) is 3.44. The normalized spacial score (nSPS) is 11.0. The Kier molecular flexibility index (Phi) is 6.41. The standard InChI is InChI=1S/C18H22N2O4S/c1-3-24-17-8-6-16(7-9-17)20-25(22,23)18-10-4-15(5-11-18)12-13-19-14(2)21/h4-11,20H,3,12-13H2,1-2H3,(H,19,21). The highest BCUT2D eigenvalue weighted by Gasteiger charge is 2.14. The fourth-order valence-corrected chi connectivity index (χ4v) is 3.28. The lowest BCUT2D eigenvalue weighted by Gasteiger charge is -2.10. The summed E-state index contributed by atoms with van der Waals surface area (Å²) in [5.41, 5.74) is 1.42. The maximum atomic E-state index is 12.4. The Labute approximate surface area is 148 Å². The van der Waals surface area contributed by atoms with Crippen LogP contribution in [0.25, 0.3) is 0 Å². The van der Waals surface area contributed by atoms with Crippen molar-refractivity contribution in [1.82, 2.24) is 5.32 Å². The van der Waals surface area contributed by atoms with Crippen LogP contribution in [0.3, 0.4) is 0 Å². The summed E-state index contributed by atoms with van der Waals surface area (Å²) in [7, 11) is -3.65. The van der Waals surface area contributed by atoms with Crippen molar-refractivity contribution in [3.05, 3.63) is 54.1 Å². The molecule has 0 aliphatic carbocycles. The summed E-state index contributed by atoms with van der Waals surface area (Å²) in [5.74, 6) is 0.604. The van der Waals surface area contributed by atoms with Gasteiger partial charge < -0.3 is 10.1 Å². The summed E-state index contributed by atoms with van der Waals surface area (Å²) >= 11 is 0. The van der Waals surface area contributed by atoms with Crippen molar-refractivity contribution in [3.63, 3.8) is 0 Å². The van der Waals surface area contributed by atoms with Gasteiger partial charge in [0.2, 0.25) is 5.91 Å². The Bertz CT molecular complexity index is 800. The lowest BCUT2D eigenvalue weighted by Crippen LogP contribution is -2.22. The molecule has 1 amide bonds. The van der Waals surface area contributed by atoms with Gasteiger partial charge in [0.05, 0.1) is 11.5 Å². The first kappa shape index (κ1) is 18.8. The van der Waals surface area contributed by atoms with Crippen molar-refractivity contribution >= 4 is 21.6 Å². The first-order chi connectivity index (χ1) is 11.9. The molecule has 134 valence electrons. The number of hydrogen-bond donors (Lipinski definition) is 2. The van der Waals surface area contributed by atoms with Gasteiger partial charge in [-0.05, 0) is 55.3 Å². The molecular weight excluding hydrogens is 340 g/mol. The molecule has 6 nitrogen and oxygen atoms in total. The lowest BCUT2D eigenvalue weighted by atomic mass is 10.1. The molecule has 0 saturated carbocycles. The third-order valence-corrected chi connectivity index (χ3v) is 4.84. The van der Waals surface area contributed by atoms with E-state index < -0.39 is 10.0 Å². The first-order valence-corrected chi connectivity index (χ1v) is 9.48. The number of sulfonamides is 1. The minimum atomic E-state index is -3.65. The van der Waals surface area contributed by atoms with Crippen LogP contribution in [0.15, 0.2) is 53.4 Å². The Balaban J connectivity index is 2.02. The lowest BCUT2D eigenvalue weighted by molar-refractivity contribution is -0.118. The van der Waals surface area contributed by atoms with Crippen LogP contribution in [-0.2, 0) is 21.2 Å². The molecule has 2 rings (SSSR count). The maximum absolute atomic E-state index is 12.4. The monoisotopic (exact) mass is 362 g/mol. The van der Waals surface area contributed by atoms with Gasteiger partial charge in [0, 0.05) is 19.2 Å². The molecule has 2 aromatic rings. The number of carbonyl (C=O) groups is 1. The Morgan fingerprint density at radius 3 is 2.24 bits per heavy atom.